The Morgan fingerprint density at radius 2 is 1.76 bits per heavy atom. The van der Waals surface area contributed by atoms with Crippen molar-refractivity contribution in [1.82, 2.24) is 14.1 Å². The van der Waals surface area contributed by atoms with E-state index in [1.54, 1.807) is 12.1 Å². The first-order valence-corrected chi connectivity index (χ1v) is 17.9. The van der Waals surface area contributed by atoms with Gasteiger partial charge in [-0.1, -0.05) is 29.8 Å². The highest BCUT2D eigenvalue weighted by atomic mass is 35.5. The standard InChI is InChI=1S/C33H34ClF3N6O6S/c1-50(47,48)43-13-11-33(12-14-43)19-42(32(45)46)18-25(49-33)9-10-26-27(37)3-2-4-28(26)39-31(44)30(40-41-38)29(20-5-7-22(34)8-6-20)21-15-23(35)17-24(36)16-21/h2-8,15-17,25,29-30,38H,9-14,18-19H2,1H3,(H-,39,44,45,46)/p+1/t25?,29-,30-/m0/s1. The Kier molecular flexibility index (Phi) is 11.3. The second-order valence-electron chi connectivity index (χ2n) is 12.4. The van der Waals surface area contributed by atoms with Crippen molar-refractivity contribution in [3.05, 3.63) is 99.8 Å². The van der Waals surface area contributed by atoms with Crippen molar-refractivity contribution in [2.75, 3.05) is 37.8 Å². The molecule has 0 aromatic heterocycles. The molecule has 2 fully saturated rings. The van der Waals surface area contributed by atoms with E-state index in [0.717, 1.165) is 18.4 Å². The van der Waals surface area contributed by atoms with Crippen LogP contribution in [0.1, 0.15) is 41.9 Å². The van der Waals surface area contributed by atoms with Crippen molar-refractivity contribution in [3.63, 3.8) is 0 Å². The maximum absolute atomic E-state index is 15.4. The van der Waals surface area contributed by atoms with Gasteiger partial charge in [-0.2, -0.15) is 0 Å². The summed E-state index contributed by atoms with van der Waals surface area (Å²) in [6.45, 7) is 0.395. The fourth-order valence-electron chi connectivity index (χ4n) is 6.64. The highest BCUT2D eigenvalue weighted by molar-refractivity contribution is 7.88. The van der Waals surface area contributed by atoms with Gasteiger partial charge in [0.15, 0.2) is 0 Å². The Hall–Kier alpha value is -4.34. The Labute approximate surface area is 291 Å². The molecule has 0 radical (unpaired) electrons. The van der Waals surface area contributed by atoms with Crippen LogP contribution in [0.25, 0.3) is 0 Å². The van der Waals surface area contributed by atoms with Gasteiger partial charge in [-0.3, -0.25) is 4.79 Å². The molecule has 0 saturated carbocycles. The highest BCUT2D eigenvalue weighted by Crippen LogP contribution is 2.36. The summed E-state index contributed by atoms with van der Waals surface area (Å²) in [6, 6.07) is 11.4. The van der Waals surface area contributed by atoms with E-state index in [1.807, 2.05) is 0 Å². The molecule has 17 heteroatoms. The Balaban J connectivity index is 1.39. The van der Waals surface area contributed by atoms with Crippen molar-refractivity contribution >= 4 is 39.3 Å². The van der Waals surface area contributed by atoms with Gasteiger partial charge in [0.05, 0.1) is 31.1 Å². The molecule has 3 atom stereocenters. The number of hydrogen-bond acceptors (Lipinski definition) is 7. The lowest BCUT2D eigenvalue weighted by atomic mass is 9.84. The van der Waals surface area contributed by atoms with Crippen LogP contribution in [-0.2, 0) is 26.0 Å². The van der Waals surface area contributed by atoms with E-state index in [2.05, 4.69) is 15.3 Å². The molecule has 2 amide bonds. The van der Waals surface area contributed by atoms with Crippen molar-refractivity contribution in [1.29, 1.82) is 5.53 Å². The van der Waals surface area contributed by atoms with Crippen molar-refractivity contribution < 1.29 is 41.0 Å². The predicted molar refractivity (Wildman–Crippen MR) is 177 cm³/mol. The lowest BCUT2D eigenvalue weighted by Gasteiger charge is -2.49. The molecule has 50 heavy (non-hydrogen) atoms. The molecule has 266 valence electrons. The molecule has 3 aromatic carbocycles. The molecular formula is C33H35ClF3N6O6S+. The number of sulfonamides is 1. The summed E-state index contributed by atoms with van der Waals surface area (Å²) in [5.41, 5.74) is 7.07. The third kappa shape index (κ3) is 8.68. The summed E-state index contributed by atoms with van der Waals surface area (Å²) >= 11 is 6.06. The van der Waals surface area contributed by atoms with Crippen LogP contribution >= 0.6 is 11.6 Å². The van der Waals surface area contributed by atoms with Crippen molar-refractivity contribution in [3.8, 4) is 0 Å². The number of anilines is 1. The quantitative estimate of drug-likeness (QED) is 0.182. The van der Waals surface area contributed by atoms with Crippen molar-refractivity contribution in [2.45, 2.75) is 49.3 Å². The smallest absolute Gasteiger partial charge is 0.407 e. The van der Waals surface area contributed by atoms with Crippen LogP contribution in [0.3, 0.4) is 0 Å². The van der Waals surface area contributed by atoms with E-state index in [-0.39, 0.29) is 68.7 Å². The molecule has 1 unspecified atom stereocenters. The molecule has 2 aliphatic heterocycles. The summed E-state index contributed by atoms with van der Waals surface area (Å²) in [4.78, 5) is 30.2. The minimum atomic E-state index is -3.43. The number of halogens is 4. The zero-order chi connectivity index (χ0) is 36.2. The zero-order valence-electron chi connectivity index (χ0n) is 26.9. The Morgan fingerprint density at radius 3 is 2.36 bits per heavy atom. The first-order chi connectivity index (χ1) is 23.7. The lowest BCUT2D eigenvalue weighted by Crippen LogP contribution is -2.61. The van der Waals surface area contributed by atoms with Gasteiger partial charge in [0.2, 0.25) is 21.0 Å². The molecule has 0 aliphatic carbocycles. The number of nitrogens with zero attached hydrogens (tertiary/aromatic N) is 4. The Morgan fingerprint density at radius 1 is 1.10 bits per heavy atom. The monoisotopic (exact) mass is 735 g/mol. The van der Waals surface area contributed by atoms with E-state index in [0.29, 0.717) is 16.7 Å². The molecule has 3 N–H and O–H groups in total. The maximum atomic E-state index is 15.4. The topological polar surface area (TPSA) is 167 Å². The summed E-state index contributed by atoms with van der Waals surface area (Å²) in [5.74, 6) is -4.44. The summed E-state index contributed by atoms with van der Waals surface area (Å²) < 4.78 is 76.0. The van der Waals surface area contributed by atoms with Crippen LogP contribution < -0.4 is 10.2 Å². The SMILES string of the molecule is CS(=O)(=O)N1CCC2(CC1)CN(C(=O)O)CC(CCc1c(F)cccc1NC(=O)[C@@H](N=[N+]=N)[C@@H](c1ccc(Cl)cc1)c1cc(F)cc(F)c1)O2. The zero-order valence-corrected chi connectivity index (χ0v) is 28.4. The minimum absolute atomic E-state index is 0.00193. The average Bonchev–Trinajstić information content (AvgIpc) is 3.04. The molecule has 2 saturated heterocycles. The molecule has 2 heterocycles. The van der Waals surface area contributed by atoms with Gasteiger partial charge in [0, 0.05) is 41.3 Å². The third-order valence-electron chi connectivity index (χ3n) is 9.03. The van der Waals surface area contributed by atoms with E-state index >= 15 is 4.39 Å². The molecule has 0 bridgehead atoms. The number of hydrogen-bond donors (Lipinski definition) is 3. The molecule has 5 rings (SSSR count). The van der Waals surface area contributed by atoms with Crippen LogP contribution in [0.2, 0.25) is 5.02 Å². The fraction of sp³-hybridized carbons (Fsp3) is 0.394. The number of ether oxygens (including phenoxy) is 1. The first-order valence-electron chi connectivity index (χ1n) is 15.6. The summed E-state index contributed by atoms with van der Waals surface area (Å²) in [7, 11) is -3.43. The second kappa shape index (κ2) is 15.3. The van der Waals surface area contributed by atoms with Crippen LogP contribution in [0.15, 0.2) is 65.8 Å². The van der Waals surface area contributed by atoms with Gasteiger partial charge < -0.3 is 20.1 Å². The van der Waals surface area contributed by atoms with Gasteiger partial charge in [-0.15, -0.1) is 0 Å². The number of amides is 2. The molecule has 12 nitrogen and oxygen atoms in total. The van der Waals surface area contributed by atoms with Crippen LogP contribution in [0.4, 0.5) is 23.7 Å². The average molecular weight is 736 g/mol. The van der Waals surface area contributed by atoms with Gasteiger partial charge in [0.25, 0.3) is 5.91 Å². The Bertz CT molecular complexity index is 1890. The lowest BCUT2D eigenvalue weighted by molar-refractivity contribution is -0.166. The van der Waals surface area contributed by atoms with Gasteiger partial charge in [-0.25, -0.2) is 30.7 Å². The van der Waals surface area contributed by atoms with E-state index in [1.165, 1.54) is 39.5 Å². The van der Waals surface area contributed by atoms with Crippen LogP contribution in [-0.4, -0.2) is 84.9 Å². The molecular weight excluding hydrogens is 701 g/mol. The number of carboxylic acid groups (broad SMARTS) is 1. The number of rotatable bonds is 10. The molecule has 2 aliphatic rings. The number of piperidine rings is 1. The minimum Gasteiger partial charge on any atom is -0.465 e. The number of morpholine rings is 1. The van der Waals surface area contributed by atoms with E-state index in [9.17, 15) is 31.9 Å². The normalized spacial score (nSPS) is 19.0. The summed E-state index contributed by atoms with van der Waals surface area (Å²) in [6.07, 6.45) is -0.0152. The predicted octanol–water partition coefficient (Wildman–Crippen LogP) is 5.55. The number of benzene rings is 3. The van der Waals surface area contributed by atoms with Crippen LogP contribution in [0, 0.1) is 23.0 Å². The first kappa shape index (κ1) is 36.9. The number of carbonyl (C=O) groups excluding carboxylic acids is 1. The van der Waals surface area contributed by atoms with E-state index < -0.39 is 63.1 Å². The fourth-order valence-corrected chi connectivity index (χ4v) is 7.61. The highest BCUT2D eigenvalue weighted by Gasteiger charge is 2.45. The third-order valence-corrected chi connectivity index (χ3v) is 10.6. The summed E-state index contributed by atoms with van der Waals surface area (Å²) in [5, 5.41) is 16.7. The van der Waals surface area contributed by atoms with Gasteiger partial charge in [0.1, 0.15) is 28.1 Å². The number of nitrogens with one attached hydrogen (secondary N) is 2. The maximum Gasteiger partial charge on any atom is 0.407 e. The van der Waals surface area contributed by atoms with E-state index in [4.69, 9.17) is 21.9 Å². The van der Waals surface area contributed by atoms with Crippen LogP contribution in [0.5, 0.6) is 0 Å². The van der Waals surface area contributed by atoms with Crippen molar-refractivity contribution in [2.24, 2.45) is 5.11 Å². The largest absolute Gasteiger partial charge is 0.465 e. The van der Waals surface area contributed by atoms with Gasteiger partial charge >= 0.3 is 6.09 Å². The molecule has 1 spiro atoms. The second-order valence-corrected chi connectivity index (χ2v) is 14.9. The number of carbonyl (C=O) groups is 2. The van der Waals surface area contributed by atoms with Gasteiger partial charge in [-0.05, 0) is 73.2 Å². The molecule has 3 aromatic rings.